The van der Waals surface area contributed by atoms with E-state index in [0.29, 0.717) is 35.9 Å². The van der Waals surface area contributed by atoms with Crippen LogP contribution in [0.15, 0.2) is 41.3 Å². The number of rotatable bonds is 7. The first-order valence-electron chi connectivity index (χ1n) is 9.83. The van der Waals surface area contributed by atoms with E-state index < -0.39 is 10.0 Å². The summed E-state index contributed by atoms with van der Waals surface area (Å²) in [4.78, 5) is 28.8. The standard InChI is InChI=1S/C21H25ClN4O4S/c1-3-25(12-20(27)24-18-11-16(22)5-4-14(18)2)13-21(28)26-9-8-15-10-17(31(23,29)30)6-7-19(15)26/h4-7,10-11H,3,8-9,12-13H2,1-2H3,(H,24,27)(H2,23,29,30). The van der Waals surface area contributed by atoms with Crippen molar-refractivity contribution in [2.45, 2.75) is 25.2 Å². The lowest BCUT2D eigenvalue weighted by Crippen LogP contribution is -2.42. The molecule has 31 heavy (non-hydrogen) atoms. The van der Waals surface area contributed by atoms with E-state index in [1.807, 2.05) is 19.9 Å². The number of nitrogens with two attached hydrogens (primary N) is 1. The van der Waals surface area contributed by atoms with Crippen molar-refractivity contribution < 1.29 is 18.0 Å². The first-order valence-corrected chi connectivity index (χ1v) is 11.8. The highest BCUT2D eigenvalue weighted by atomic mass is 35.5. The summed E-state index contributed by atoms with van der Waals surface area (Å²) in [6.45, 7) is 4.83. The van der Waals surface area contributed by atoms with Crippen LogP contribution < -0.4 is 15.4 Å². The van der Waals surface area contributed by atoms with Crippen molar-refractivity contribution in [1.29, 1.82) is 0 Å². The van der Waals surface area contributed by atoms with Crippen molar-refractivity contribution in [3.8, 4) is 0 Å². The largest absolute Gasteiger partial charge is 0.325 e. The van der Waals surface area contributed by atoms with E-state index in [1.165, 1.54) is 12.1 Å². The maximum atomic E-state index is 12.9. The number of halogens is 1. The molecule has 1 aliphatic heterocycles. The zero-order chi connectivity index (χ0) is 22.8. The van der Waals surface area contributed by atoms with Gasteiger partial charge in [-0.2, -0.15) is 0 Å². The topological polar surface area (TPSA) is 113 Å². The fourth-order valence-electron chi connectivity index (χ4n) is 3.49. The molecule has 0 saturated carbocycles. The molecule has 8 nitrogen and oxygen atoms in total. The smallest absolute Gasteiger partial charge is 0.241 e. The molecule has 10 heteroatoms. The molecular formula is C21H25ClN4O4S. The summed E-state index contributed by atoms with van der Waals surface area (Å²) in [5.41, 5.74) is 2.97. The van der Waals surface area contributed by atoms with Crippen molar-refractivity contribution in [1.82, 2.24) is 4.90 Å². The number of primary sulfonamides is 1. The highest BCUT2D eigenvalue weighted by molar-refractivity contribution is 7.89. The van der Waals surface area contributed by atoms with Gasteiger partial charge in [-0.3, -0.25) is 14.5 Å². The van der Waals surface area contributed by atoms with E-state index in [-0.39, 0.29) is 29.8 Å². The third kappa shape index (κ3) is 5.62. The van der Waals surface area contributed by atoms with Crippen molar-refractivity contribution in [2.24, 2.45) is 5.14 Å². The summed E-state index contributed by atoms with van der Waals surface area (Å²) in [5, 5.41) is 8.55. The normalized spacial score (nSPS) is 13.4. The van der Waals surface area contributed by atoms with Crippen LogP contribution in [0.5, 0.6) is 0 Å². The molecule has 0 saturated heterocycles. The molecule has 2 aromatic carbocycles. The third-order valence-corrected chi connectivity index (χ3v) is 6.37. The van der Waals surface area contributed by atoms with Crippen LogP contribution in [-0.4, -0.2) is 51.3 Å². The second kappa shape index (κ2) is 9.35. The van der Waals surface area contributed by atoms with Crippen LogP contribution >= 0.6 is 11.6 Å². The number of hydrogen-bond donors (Lipinski definition) is 2. The van der Waals surface area contributed by atoms with Gasteiger partial charge in [0.25, 0.3) is 0 Å². The number of likely N-dealkylation sites (N-methyl/N-ethyl adjacent to an activating group) is 1. The minimum atomic E-state index is -3.79. The molecule has 0 atom stereocenters. The Labute approximate surface area is 187 Å². The fraction of sp³-hybridized carbons (Fsp3) is 0.333. The summed E-state index contributed by atoms with van der Waals surface area (Å²) in [5.74, 6) is -0.393. The number of amides is 2. The Bertz CT molecular complexity index is 1120. The van der Waals surface area contributed by atoms with Crippen LogP contribution in [0.25, 0.3) is 0 Å². The Hall–Kier alpha value is -2.46. The zero-order valence-electron chi connectivity index (χ0n) is 17.4. The fourth-order valence-corrected chi connectivity index (χ4v) is 4.23. The van der Waals surface area contributed by atoms with Gasteiger partial charge in [-0.05, 0) is 61.3 Å². The lowest BCUT2D eigenvalue weighted by Gasteiger charge is -2.24. The van der Waals surface area contributed by atoms with E-state index in [4.69, 9.17) is 16.7 Å². The van der Waals surface area contributed by atoms with Crippen molar-refractivity contribution in [2.75, 3.05) is 36.4 Å². The molecule has 0 fully saturated rings. The maximum Gasteiger partial charge on any atom is 0.241 e. The first kappa shape index (κ1) is 23.2. The van der Waals surface area contributed by atoms with E-state index in [1.54, 1.807) is 28.0 Å². The van der Waals surface area contributed by atoms with Crippen molar-refractivity contribution in [3.63, 3.8) is 0 Å². The van der Waals surface area contributed by atoms with Gasteiger partial charge in [0, 0.05) is 22.9 Å². The van der Waals surface area contributed by atoms with Crippen molar-refractivity contribution >= 4 is 44.8 Å². The molecule has 0 aliphatic carbocycles. The van der Waals surface area contributed by atoms with Crippen LogP contribution in [0.4, 0.5) is 11.4 Å². The number of fused-ring (bicyclic) bond motifs is 1. The Morgan fingerprint density at radius 1 is 1.19 bits per heavy atom. The van der Waals surface area contributed by atoms with Crippen LogP contribution in [-0.2, 0) is 26.0 Å². The van der Waals surface area contributed by atoms with Gasteiger partial charge in [0.2, 0.25) is 21.8 Å². The summed E-state index contributed by atoms with van der Waals surface area (Å²) >= 11 is 6.00. The molecule has 2 aromatic rings. The molecule has 3 rings (SSSR count). The van der Waals surface area contributed by atoms with E-state index in [2.05, 4.69) is 5.32 Å². The number of hydrogen-bond acceptors (Lipinski definition) is 5. The molecule has 0 radical (unpaired) electrons. The Kier molecular flexibility index (Phi) is 7.00. The number of anilines is 2. The van der Waals surface area contributed by atoms with E-state index >= 15 is 0 Å². The molecular weight excluding hydrogens is 440 g/mol. The molecule has 0 unspecified atom stereocenters. The Morgan fingerprint density at radius 2 is 1.94 bits per heavy atom. The van der Waals surface area contributed by atoms with Crippen LogP contribution in [0.2, 0.25) is 5.02 Å². The minimum Gasteiger partial charge on any atom is -0.325 e. The van der Waals surface area contributed by atoms with Crippen molar-refractivity contribution in [3.05, 3.63) is 52.5 Å². The quantitative estimate of drug-likeness (QED) is 0.651. The highest BCUT2D eigenvalue weighted by Crippen LogP contribution is 2.30. The molecule has 3 N–H and O–H groups in total. The molecule has 1 aliphatic rings. The van der Waals surface area contributed by atoms with Crippen LogP contribution in [0.1, 0.15) is 18.1 Å². The van der Waals surface area contributed by atoms with Gasteiger partial charge in [-0.1, -0.05) is 24.6 Å². The third-order valence-electron chi connectivity index (χ3n) is 5.22. The van der Waals surface area contributed by atoms with Gasteiger partial charge in [0.15, 0.2) is 0 Å². The predicted molar refractivity (Wildman–Crippen MR) is 121 cm³/mol. The van der Waals surface area contributed by atoms with Crippen LogP contribution in [0, 0.1) is 6.92 Å². The number of carbonyl (C=O) groups is 2. The summed E-state index contributed by atoms with van der Waals surface area (Å²) in [7, 11) is -3.79. The molecule has 2 amide bonds. The minimum absolute atomic E-state index is 0.0312. The average Bonchev–Trinajstić information content (AvgIpc) is 3.13. The van der Waals surface area contributed by atoms with Crippen LogP contribution in [0.3, 0.4) is 0 Å². The second-order valence-corrected chi connectivity index (χ2v) is 9.44. The number of nitrogens with zero attached hydrogens (tertiary/aromatic N) is 2. The summed E-state index contributed by atoms with van der Waals surface area (Å²) in [6, 6.07) is 9.78. The number of sulfonamides is 1. The number of aryl methyl sites for hydroxylation is 1. The molecule has 0 spiro atoms. The average molecular weight is 465 g/mol. The van der Waals surface area contributed by atoms with E-state index in [9.17, 15) is 18.0 Å². The lowest BCUT2D eigenvalue weighted by atomic mass is 10.2. The molecule has 166 valence electrons. The SMILES string of the molecule is CCN(CC(=O)Nc1cc(Cl)ccc1C)CC(=O)N1CCc2cc(S(N)(=O)=O)ccc21. The monoisotopic (exact) mass is 464 g/mol. The van der Waals surface area contributed by atoms with Gasteiger partial charge in [-0.25, -0.2) is 13.6 Å². The first-order chi connectivity index (χ1) is 14.6. The van der Waals surface area contributed by atoms with Gasteiger partial charge in [0.1, 0.15) is 0 Å². The summed E-state index contributed by atoms with van der Waals surface area (Å²) in [6.07, 6.45) is 0.547. The maximum absolute atomic E-state index is 12.9. The molecule has 1 heterocycles. The summed E-state index contributed by atoms with van der Waals surface area (Å²) < 4.78 is 23.1. The predicted octanol–water partition coefficient (Wildman–Crippen LogP) is 2.15. The number of carbonyl (C=O) groups excluding carboxylic acids is 2. The molecule has 0 aromatic heterocycles. The Morgan fingerprint density at radius 3 is 2.61 bits per heavy atom. The zero-order valence-corrected chi connectivity index (χ0v) is 19.0. The number of benzene rings is 2. The van der Waals surface area contributed by atoms with E-state index in [0.717, 1.165) is 11.1 Å². The van der Waals surface area contributed by atoms with Gasteiger partial charge in [-0.15, -0.1) is 0 Å². The Balaban J connectivity index is 1.64. The second-order valence-electron chi connectivity index (χ2n) is 7.44. The van der Waals surface area contributed by atoms with Gasteiger partial charge in [0.05, 0.1) is 18.0 Å². The number of nitrogens with one attached hydrogen (secondary N) is 1. The van der Waals surface area contributed by atoms with Gasteiger partial charge < -0.3 is 10.2 Å². The highest BCUT2D eigenvalue weighted by Gasteiger charge is 2.27. The molecule has 0 bridgehead atoms. The lowest BCUT2D eigenvalue weighted by molar-refractivity contribution is -0.121. The van der Waals surface area contributed by atoms with Gasteiger partial charge >= 0.3 is 0 Å².